The first-order valence-electron chi connectivity index (χ1n) is 8.87. The van der Waals surface area contributed by atoms with E-state index in [4.69, 9.17) is 0 Å². The Hall–Kier alpha value is -3.48. The van der Waals surface area contributed by atoms with Gasteiger partial charge in [0, 0.05) is 18.2 Å². The van der Waals surface area contributed by atoms with Crippen LogP contribution in [0.2, 0.25) is 0 Å². The summed E-state index contributed by atoms with van der Waals surface area (Å²) in [4.78, 5) is 12.7. The van der Waals surface area contributed by atoms with Crippen molar-refractivity contribution >= 4 is 22.8 Å². The molecule has 4 rings (SSSR count). The Morgan fingerprint density at radius 2 is 1.89 bits per heavy atom. The van der Waals surface area contributed by atoms with E-state index in [0.717, 1.165) is 23.3 Å². The average molecular weight is 360 g/mol. The molecule has 4 aromatic rings. The molecule has 0 bridgehead atoms. The fourth-order valence-electron chi connectivity index (χ4n) is 3.06. The number of carbonyl (C=O) groups excluding carboxylic acids is 1. The molecular formula is C20H20N6O. The molecule has 7 heteroatoms. The van der Waals surface area contributed by atoms with Crippen molar-refractivity contribution in [2.45, 2.75) is 26.9 Å². The third-order valence-electron chi connectivity index (χ3n) is 4.39. The number of aryl methyl sites for hydroxylation is 2. The van der Waals surface area contributed by atoms with Gasteiger partial charge in [0.15, 0.2) is 0 Å². The highest BCUT2D eigenvalue weighted by Crippen LogP contribution is 2.17. The van der Waals surface area contributed by atoms with E-state index < -0.39 is 0 Å². The van der Waals surface area contributed by atoms with E-state index in [0.29, 0.717) is 23.4 Å². The molecule has 0 saturated heterocycles. The normalized spacial score (nSPS) is 11.0. The minimum atomic E-state index is -0.197. The van der Waals surface area contributed by atoms with Gasteiger partial charge in [0.25, 0.3) is 5.91 Å². The number of aromatic nitrogens is 5. The number of hydrogen-bond donors (Lipinski definition) is 1. The minimum Gasteiger partial charge on any atom is -0.307 e. The molecule has 0 unspecified atom stereocenters. The number of rotatable bonds is 5. The highest BCUT2D eigenvalue weighted by molar-refractivity contribution is 6.05. The van der Waals surface area contributed by atoms with Crippen LogP contribution in [-0.2, 0) is 13.1 Å². The monoisotopic (exact) mass is 360 g/mol. The standard InChI is InChI=1S/C20H20N6O/c1-3-25-18-10-9-16(12-17(18)22-24-25)20(27)21-19-11-14(2)23-26(19)13-15-7-5-4-6-8-15/h4-12H,3,13H2,1-2H3,(H,21,27). The number of nitrogens with one attached hydrogen (secondary N) is 1. The van der Waals surface area contributed by atoms with Crippen LogP contribution >= 0.6 is 0 Å². The largest absolute Gasteiger partial charge is 0.307 e. The third kappa shape index (κ3) is 3.44. The molecule has 0 saturated carbocycles. The van der Waals surface area contributed by atoms with Gasteiger partial charge in [-0.25, -0.2) is 9.36 Å². The Balaban J connectivity index is 1.58. The van der Waals surface area contributed by atoms with E-state index in [9.17, 15) is 4.79 Å². The van der Waals surface area contributed by atoms with E-state index in [1.165, 1.54) is 0 Å². The summed E-state index contributed by atoms with van der Waals surface area (Å²) < 4.78 is 3.60. The van der Waals surface area contributed by atoms with Crippen LogP contribution in [0.1, 0.15) is 28.5 Å². The summed E-state index contributed by atoms with van der Waals surface area (Å²) in [5.74, 6) is 0.468. The summed E-state index contributed by atoms with van der Waals surface area (Å²) in [6.07, 6.45) is 0. The molecule has 0 atom stereocenters. The number of fused-ring (bicyclic) bond motifs is 1. The third-order valence-corrected chi connectivity index (χ3v) is 4.39. The Morgan fingerprint density at radius 1 is 1.07 bits per heavy atom. The van der Waals surface area contributed by atoms with Crippen LogP contribution in [0.15, 0.2) is 54.6 Å². The van der Waals surface area contributed by atoms with Gasteiger partial charge >= 0.3 is 0 Å². The molecule has 1 N–H and O–H groups in total. The molecule has 0 spiro atoms. The molecule has 0 aliphatic heterocycles. The Morgan fingerprint density at radius 3 is 2.67 bits per heavy atom. The number of benzene rings is 2. The topological polar surface area (TPSA) is 77.6 Å². The molecule has 136 valence electrons. The molecule has 0 fully saturated rings. The van der Waals surface area contributed by atoms with Gasteiger partial charge < -0.3 is 5.32 Å². The van der Waals surface area contributed by atoms with Crippen molar-refractivity contribution in [3.05, 3.63) is 71.4 Å². The maximum Gasteiger partial charge on any atom is 0.256 e. The fraction of sp³-hybridized carbons (Fsp3) is 0.200. The van der Waals surface area contributed by atoms with Crippen LogP contribution < -0.4 is 5.32 Å². The lowest BCUT2D eigenvalue weighted by Crippen LogP contribution is -2.16. The van der Waals surface area contributed by atoms with Gasteiger partial charge in [0.2, 0.25) is 0 Å². The first-order chi connectivity index (χ1) is 13.1. The molecule has 2 aromatic heterocycles. The molecule has 27 heavy (non-hydrogen) atoms. The smallest absolute Gasteiger partial charge is 0.256 e. The average Bonchev–Trinajstić information content (AvgIpc) is 3.24. The maximum absolute atomic E-state index is 12.7. The van der Waals surface area contributed by atoms with Gasteiger partial charge in [-0.15, -0.1) is 5.10 Å². The van der Waals surface area contributed by atoms with Crippen molar-refractivity contribution in [2.75, 3.05) is 5.32 Å². The van der Waals surface area contributed by atoms with E-state index in [1.54, 1.807) is 21.5 Å². The van der Waals surface area contributed by atoms with Crippen LogP contribution in [0.25, 0.3) is 11.0 Å². The molecule has 0 aliphatic rings. The summed E-state index contributed by atoms with van der Waals surface area (Å²) in [6.45, 7) is 5.24. The first kappa shape index (κ1) is 17.0. The summed E-state index contributed by atoms with van der Waals surface area (Å²) >= 11 is 0. The SMILES string of the molecule is CCn1nnc2cc(C(=O)Nc3cc(C)nn3Cc3ccccc3)ccc21. The van der Waals surface area contributed by atoms with Crippen LogP contribution in [0.5, 0.6) is 0 Å². The highest BCUT2D eigenvalue weighted by atomic mass is 16.1. The summed E-state index contributed by atoms with van der Waals surface area (Å²) in [5.41, 5.74) is 4.13. The first-order valence-corrected chi connectivity index (χ1v) is 8.87. The lowest BCUT2D eigenvalue weighted by molar-refractivity contribution is 0.102. The van der Waals surface area contributed by atoms with Crippen molar-refractivity contribution in [1.29, 1.82) is 0 Å². The quantitative estimate of drug-likeness (QED) is 0.593. The number of hydrogen-bond acceptors (Lipinski definition) is 4. The second-order valence-corrected chi connectivity index (χ2v) is 6.38. The lowest BCUT2D eigenvalue weighted by Gasteiger charge is -2.09. The zero-order chi connectivity index (χ0) is 18.8. The van der Waals surface area contributed by atoms with Crippen molar-refractivity contribution in [1.82, 2.24) is 24.8 Å². The molecule has 0 radical (unpaired) electrons. The molecule has 2 heterocycles. The van der Waals surface area contributed by atoms with E-state index in [1.807, 2.05) is 56.3 Å². The maximum atomic E-state index is 12.7. The molecule has 2 aromatic carbocycles. The highest BCUT2D eigenvalue weighted by Gasteiger charge is 2.13. The zero-order valence-corrected chi connectivity index (χ0v) is 15.3. The van der Waals surface area contributed by atoms with Crippen LogP contribution in [0.3, 0.4) is 0 Å². The predicted molar refractivity (Wildman–Crippen MR) is 104 cm³/mol. The van der Waals surface area contributed by atoms with Crippen molar-refractivity contribution in [2.24, 2.45) is 0 Å². The van der Waals surface area contributed by atoms with Gasteiger partial charge in [-0.2, -0.15) is 5.10 Å². The van der Waals surface area contributed by atoms with Gasteiger partial charge in [0.1, 0.15) is 11.3 Å². The fourth-order valence-corrected chi connectivity index (χ4v) is 3.06. The van der Waals surface area contributed by atoms with Gasteiger partial charge in [0.05, 0.1) is 17.8 Å². The molecular weight excluding hydrogens is 340 g/mol. The number of nitrogens with zero attached hydrogens (tertiary/aromatic N) is 5. The zero-order valence-electron chi connectivity index (χ0n) is 15.3. The van der Waals surface area contributed by atoms with Crippen molar-refractivity contribution < 1.29 is 4.79 Å². The summed E-state index contributed by atoms with van der Waals surface area (Å²) in [6, 6.07) is 17.3. The number of amides is 1. The Bertz CT molecular complexity index is 1100. The summed E-state index contributed by atoms with van der Waals surface area (Å²) in [7, 11) is 0. The van der Waals surface area contributed by atoms with Crippen LogP contribution in [-0.4, -0.2) is 30.7 Å². The van der Waals surface area contributed by atoms with Gasteiger partial charge in [-0.05, 0) is 37.6 Å². The van der Waals surface area contributed by atoms with E-state index >= 15 is 0 Å². The second-order valence-electron chi connectivity index (χ2n) is 6.38. The van der Waals surface area contributed by atoms with Crippen molar-refractivity contribution in [3.63, 3.8) is 0 Å². The van der Waals surface area contributed by atoms with E-state index in [-0.39, 0.29) is 5.91 Å². The molecule has 7 nitrogen and oxygen atoms in total. The molecule has 1 amide bonds. The van der Waals surface area contributed by atoms with E-state index in [2.05, 4.69) is 20.7 Å². The van der Waals surface area contributed by atoms with Crippen molar-refractivity contribution in [3.8, 4) is 0 Å². The minimum absolute atomic E-state index is 0.197. The van der Waals surface area contributed by atoms with Crippen LogP contribution in [0.4, 0.5) is 5.82 Å². The summed E-state index contributed by atoms with van der Waals surface area (Å²) in [5, 5.41) is 15.7. The molecule has 0 aliphatic carbocycles. The van der Waals surface area contributed by atoms with Gasteiger partial charge in [-0.3, -0.25) is 4.79 Å². The second kappa shape index (κ2) is 7.03. The van der Waals surface area contributed by atoms with Crippen LogP contribution in [0, 0.1) is 6.92 Å². The predicted octanol–water partition coefficient (Wildman–Crippen LogP) is 3.26. The Labute approximate surface area is 156 Å². The lowest BCUT2D eigenvalue weighted by atomic mass is 10.2. The Kier molecular flexibility index (Phi) is 4.42. The van der Waals surface area contributed by atoms with Gasteiger partial charge in [-0.1, -0.05) is 35.5 Å². The number of carbonyl (C=O) groups is 1. The number of anilines is 1.